The third-order valence-corrected chi connectivity index (χ3v) is 14.9. The van der Waals surface area contributed by atoms with Gasteiger partial charge in [0.25, 0.3) is 5.91 Å². The normalized spacial score (nSPS) is 25.5. The van der Waals surface area contributed by atoms with Crippen molar-refractivity contribution in [3.05, 3.63) is 53.1 Å². The summed E-state index contributed by atoms with van der Waals surface area (Å²) in [6.07, 6.45) is 9.21. The van der Waals surface area contributed by atoms with E-state index < -0.39 is 26.6 Å². The van der Waals surface area contributed by atoms with E-state index >= 15 is 4.79 Å². The molecule has 2 bridgehead atoms. The molecule has 2 saturated carbocycles. The van der Waals surface area contributed by atoms with Gasteiger partial charge in [0.2, 0.25) is 15.9 Å². The number of carbonyl (C=O) groups excluding carboxylic acids is 3. The molecule has 4 heterocycles. The summed E-state index contributed by atoms with van der Waals surface area (Å²) in [5.41, 5.74) is 5.23. The number of benzene rings is 2. The summed E-state index contributed by atoms with van der Waals surface area (Å²) in [5.74, 6) is 1.25. The molecule has 290 valence electrons. The first-order valence-corrected chi connectivity index (χ1v) is 21.5. The highest BCUT2D eigenvalue weighted by Crippen LogP contribution is 2.60. The van der Waals surface area contributed by atoms with Gasteiger partial charge in [-0.3, -0.25) is 9.59 Å². The van der Waals surface area contributed by atoms with Gasteiger partial charge < -0.3 is 24.0 Å². The Morgan fingerprint density at radius 2 is 1.59 bits per heavy atom. The van der Waals surface area contributed by atoms with Gasteiger partial charge in [0.15, 0.2) is 0 Å². The van der Waals surface area contributed by atoms with Crippen LogP contribution < -0.4 is 9.46 Å². The molecule has 4 atom stereocenters. The fraction of sp³-hybridized carbons (Fsp3) is 0.595. The lowest BCUT2D eigenvalue weighted by Gasteiger charge is -2.37. The fourth-order valence-electron chi connectivity index (χ4n) is 10.2. The van der Waals surface area contributed by atoms with E-state index in [1.54, 1.807) is 46.0 Å². The minimum absolute atomic E-state index is 0.0391. The number of rotatable bonds is 6. The molecular weight excluding hydrogens is 703 g/mol. The van der Waals surface area contributed by atoms with Crippen LogP contribution in [-0.4, -0.2) is 98.2 Å². The highest BCUT2D eigenvalue weighted by molar-refractivity contribution is 7.90. The van der Waals surface area contributed by atoms with Crippen molar-refractivity contribution in [1.82, 2.24) is 24.0 Å². The molecule has 2 aliphatic carbocycles. The molecule has 0 spiro atoms. The lowest BCUT2D eigenvalue weighted by molar-refractivity contribution is -0.139. The largest absolute Gasteiger partial charge is 0.497 e. The number of nitrogens with one attached hydrogen (secondary N) is 1. The van der Waals surface area contributed by atoms with Crippen molar-refractivity contribution in [2.24, 2.45) is 23.2 Å². The summed E-state index contributed by atoms with van der Waals surface area (Å²) >= 11 is 0. The number of amides is 4. The van der Waals surface area contributed by atoms with Crippen LogP contribution in [0.2, 0.25) is 0 Å². The minimum atomic E-state index is -3.84. The maximum Gasteiger partial charge on any atom is 0.319 e. The molecule has 4 amide bonds. The van der Waals surface area contributed by atoms with Gasteiger partial charge in [0.1, 0.15) is 5.75 Å². The van der Waals surface area contributed by atoms with E-state index in [4.69, 9.17) is 4.74 Å². The van der Waals surface area contributed by atoms with Crippen LogP contribution in [0.3, 0.4) is 0 Å². The zero-order valence-electron chi connectivity index (χ0n) is 32.4. The van der Waals surface area contributed by atoms with Crippen molar-refractivity contribution in [1.29, 1.82) is 0 Å². The molecule has 2 aromatic carbocycles. The maximum absolute atomic E-state index is 15.2. The smallest absolute Gasteiger partial charge is 0.319 e. The highest BCUT2D eigenvalue weighted by Gasteiger charge is 2.62. The maximum atomic E-state index is 15.2. The molecule has 2 saturated heterocycles. The molecule has 1 aromatic heterocycles. The number of sulfonamides is 1. The number of ether oxygens (including phenoxy) is 1. The number of carbonyl (C=O) groups is 3. The van der Waals surface area contributed by atoms with Crippen molar-refractivity contribution < 1.29 is 27.5 Å². The second-order valence-electron chi connectivity index (χ2n) is 17.3. The number of urea groups is 1. The summed E-state index contributed by atoms with van der Waals surface area (Å²) in [6, 6.07) is 12.0. The molecule has 0 unspecified atom stereocenters. The molecule has 0 radical (unpaired) electrons. The molecule has 5 aliphatic rings. The van der Waals surface area contributed by atoms with Crippen LogP contribution >= 0.6 is 0 Å². The standard InChI is InChI=1S/C42H55N5O6S/c1-26(2)54(51,52)43-39(48)30-13-15-35-36(19-30)47-25-42(40(49)45-21-27-11-12-28(22-45)24-46(23-27)41(50)44(3)4)20-32(42)17-31-18-33(53-5)14-16-34(31)38(47)37(35)29-9-7-6-8-10-29/h13-16,18-19,26-29,32H,6-12,17,20-25H2,1-5H3,(H,43,48)/t27-,28+,32-,42+/m1/s1. The van der Waals surface area contributed by atoms with E-state index in [0.717, 1.165) is 79.3 Å². The number of aromatic nitrogens is 1. The quantitative estimate of drug-likeness (QED) is 0.318. The second kappa shape index (κ2) is 13.9. The van der Waals surface area contributed by atoms with Crippen LogP contribution in [0.4, 0.5) is 4.79 Å². The van der Waals surface area contributed by atoms with Gasteiger partial charge in [0.05, 0.1) is 23.5 Å². The number of fused-ring (bicyclic) bond motifs is 9. The SMILES string of the molecule is COc1ccc2c(c1)C[C@@H]1C[C@]1(C(=O)N1C[C@@H]3CC[C@@H](CN(C(=O)N(C)C)C3)C1)Cn1c-2c(C2CCCCC2)c2ccc(C(=O)NS(=O)(=O)C(C)C)cc21. The Balaban J connectivity index is 1.25. The number of nitrogens with zero attached hydrogens (tertiary/aromatic N) is 4. The zero-order valence-corrected chi connectivity index (χ0v) is 33.2. The van der Waals surface area contributed by atoms with Gasteiger partial charge in [0, 0.05) is 68.8 Å². The monoisotopic (exact) mass is 757 g/mol. The van der Waals surface area contributed by atoms with E-state index in [1.165, 1.54) is 17.5 Å². The first-order valence-electron chi connectivity index (χ1n) is 19.9. The topological polar surface area (TPSA) is 121 Å². The molecule has 54 heavy (non-hydrogen) atoms. The van der Waals surface area contributed by atoms with Gasteiger partial charge in [-0.05, 0) is 118 Å². The first-order chi connectivity index (χ1) is 25.8. The van der Waals surface area contributed by atoms with Crippen LogP contribution in [0, 0.1) is 23.2 Å². The average Bonchev–Trinajstić information content (AvgIpc) is 3.84. The molecule has 3 aromatic rings. The lowest BCUT2D eigenvalue weighted by atomic mass is 9.80. The number of hydrogen-bond acceptors (Lipinski definition) is 6. The van der Waals surface area contributed by atoms with Gasteiger partial charge in [-0.1, -0.05) is 25.3 Å². The summed E-state index contributed by atoms with van der Waals surface area (Å²) in [6.45, 7) is 6.21. The molecule has 3 aliphatic heterocycles. The van der Waals surface area contributed by atoms with E-state index in [9.17, 15) is 18.0 Å². The summed E-state index contributed by atoms with van der Waals surface area (Å²) in [7, 11) is 1.46. The van der Waals surface area contributed by atoms with E-state index in [2.05, 4.69) is 26.3 Å². The van der Waals surface area contributed by atoms with E-state index in [-0.39, 0.29) is 35.3 Å². The Morgan fingerprint density at radius 1 is 0.907 bits per heavy atom. The Kier molecular flexibility index (Phi) is 9.50. The molecule has 8 rings (SSSR count). The second-order valence-corrected chi connectivity index (χ2v) is 19.6. The van der Waals surface area contributed by atoms with Crippen molar-refractivity contribution in [2.45, 2.75) is 89.3 Å². The van der Waals surface area contributed by atoms with E-state index in [1.807, 2.05) is 23.1 Å². The fourth-order valence-corrected chi connectivity index (χ4v) is 10.8. The van der Waals surface area contributed by atoms with Gasteiger partial charge in [-0.15, -0.1) is 0 Å². The first kappa shape index (κ1) is 36.9. The Labute approximate surface area is 319 Å². The predicted molar refractivity (Wildman–Crippen MR) is 209 cm³/mol. The lowest BCUT2D eigenvalue weighted by Crippen LogP contribution is -2.51. The van der Waals surface area contributed by atoms with Gasteiger partial charge in [-0.2, -0.15) is 0 Å². The summed E-state index contributed by atoms with van der Waals surface area (Å²) in [5, 5.41) is 0.316. The Bertz CT molecular complexity index is 2090. The van der Waals surface area contributed by atoms with Gasteiger partial charge in [-0.25, -0.2) is 17.9 Å². The van der Waals surface area contributed by atoms with Crippen molar-refractivity contribution >= 4 is 38.8 Å². The average molecular weight is 758 g/mol. The third-order valence-electron chi connectivity index (χ3n) is 13.2. The van der Waals surface area contributed by atoms with Crippen molar-refractivity contribution in [3.8, 4) is 17.0 Å². The highest BCUT2D eigenvalue weighted by atomic mass is 32.2. The summed E-state index contributed by atoms with van der Waals surface area (Å²) < 4.78 is 35.9. The predicted octanol–water partition coefficient (Wildman–Crippen LogP) is 6.25. The molecule has 1 N–H and O–H groups in total. The van der Waals surface area contributed by atoms with Crippen LogP contribution in [0.15, 0.2) is 36.4 Å². The zero-order chi connectivity index (χ0) is 38.1. The van der Waals surface area contributed by atoms with Crippen LogP contribution in [0.1, 0.15) is 92.6 Å². The number of hydrogen-bond donors (Lipinski definition) is 1. The van der Waals surface area contributed by atoms with Crippen molar-refractivity contribution in [3.63, 3.8) is 0 Å². The third kappa shape index (κ3) is 6.45. The molecule has 11 nitrogen and oxygen atoms in total. The number of methoxy groups -OCH3 is 1. The molecular formula is C42H55N5O6S. The van der Waals surface area contributed by atoms with E-state index in [0.29, 0.717) is 38.6 Å². The van der Waals surface area contributed by atoms with Crippen molar-refractivity contribution in [2.75, 3.05) is 47.4 Å². The minimum Gasteiger partial charge on any atom is -0.497 e. The Hall–Kier alpha value is -4.06. The summed E-state index contributed by atoms with van der Waals surface area (Å²) in [4.78, 5) is 47.6. The van der Waals surface area contributed by atoms with Gasteiger partial charge >= 0.3 is 6.03 Å². The van der Waals surface area contributed by atoms with Crippen LogP contribution in [-0.2, 0) is 27.8 Å². The Morgan fingerprint density at radius 3 is 2.24 bits per heavy atom. The van der Waals surface area contributed by atoms with Crippen LogP contribution in [0.5, 0.6) is 5.75 Å². The molecule has 4 fully saturated rings. The number of likely N-dealkylation sites (tertiary alicyclic amines) is 2. The molecule has 12 heteroatoms. The van der Waals surface area contributed by atoms with Crippen LogP contribution in [0.25, 0.3) is 22.2 Å².